The van der Waals surface area contributed by atoms with Crippen molar-refractivity contribution in [1.82, 2.24) is 19.2 Å². The third-order valence-electron chi connectivity index (χ3n) is 14.9. The standard InChI is InChI=1S/C33H33ClF3N3O8S.C29H25ClF3N3O8S/c1-19(33(35,36)37)38-17-40(27-20-9-7-10-23(34)22(20)16-49-25-11-6-5-8-21(25)27)39-14-12-24(41)29(28(39)30(38)43)46-18-47-31(44)45-15-13-26(42)48-32(2,3)4;1-16(29(31,32)33)34-14-36(24-17-6-4-7-20(30)19(17)13-45-22-8-3-2-5-18(22)24)35-11-9-21(37)26(25(35)27(34)40)43-15-44-28(41)42-12-10-23(38)39/h5-12,14,19,27H,13,15-18H2,1-4H3;2-9,11,16,24H,10,12-15H2,1H3,(H,38,39)/t19-,27+;16-,24+/m11/s1. The second kappa shape index (κ2) is 28.9. The number of carboxylic acids is 1. The Bertz CT molecular complexity index is 4020. The first-order valence-corrected chi connectivity index (χ1v) is 31.2. The number of aliphatic carboxylic acids is 1. The SMILES string of the molecule is C[C@@H](N1CN([C@@H]2c3ccccc3SCc3c(Cl)cccc32)n2ccc(=O)c(OCOC(=O)OCCC(=O)O)c2C1=O)C(F)(F)F.C[C@@H](N1CN([C@@H]2c3ccccc3SCc3c(Cl)cccc32)n2ccc(=O)c(OCOC(=O)OCCC(=O)OC(C)(C)C)c2C1=O)C(F)(F)F. The Balaban J connectivity index is 0.000000222. The number of amides is 2. The molecule has 0 aliphatic carbocycles. The lowest BCUT2D eigenvalue weighted by Crippen LogP contribution is -2.60. The van der Waals surface area contributed by atoms with E-state index in [1.165, 1.54) is 55.3 Å². The molecule has 0 unspecified atom stereocenters. The lowest BCUT2D eigenvalue weighted by Gasteiger charge is -2.46. The van der Waals surface area contributed by atoms with E-state index in [4.69, 9.17) is 56.7 Å². The molecule has 6 heterocycles. The molecule has 2 aromatic heterocycles. The van der Waals surface area contributed by atoms with Crippen LogP contribution in [0.3, 0.4) is 0 Å². The lowest BCUT2D eigenvalue weighted by atomic mass is 9.94. The van der Waals surface area contributed by atoms with Gasteiger partial charge in [-0.3, -0.25) is 48.1 Å². The molecule has 4 aromatic carbocycles. The first kappa shape index (κ1) is 69.6. The molecule has 4 aliphatic rings. The maximum absolute atomic E-state index is 14.2. The van der Waals surface area contributed by atoms with Crippen molar-refractivity contribution in [3.8, 4) is 11.5 Å². The Morgan fingerprint density at radius 3 is 1.35 bits per heavy atom. The smallest absolute Gasteiger partial charge is 0.481 e. The molecule has 0 fully saturated rings. The molecule has 1 N–H and O–H groups in total. The minimum Gasteiger partial charge on any atom is -0.481 e. The molecule has 94 heavy (non-hydrogen) atoms. The number of thioether (sulfide) groups is 2. The van der Waals surface area contributed by atoms with Gasteiger partial charge < -0.3 is 48.1 Å². The summed E-state index contributed by atoms with van der Waals surface area (Å²) in [6, 6.07) is 21.4. The maximum atomic E-state index is 14.2. The second-order valence-corrected chi connectivity index (χ2v) is 25.0. The summed E-state index contributed by atoms with van der Waals surface area (Å²) in [4.78, 5) is 103. The lowest BCUT2D eigenvalue weighted by molar-refractivity contribution is -0.173. The van der Waals surface area contributed by atoms with Crippen molar-refractivity contribution < 1.29 is 93.4 Å². The van der Waals surface area contributed by atoms with Gasteiger partial charge >= 0.3 is 36.6 Å². The van der Waals surface area contributed by atoms with Gasteiger partial charge in [0, 0.05) is 55.9 Å². The van der Waals surface area contributed by atoms with Gasteiger partial charge in [-0.1, -0.05) is 83.9 Å². The fraction of sp³-hybridized carbons (Fsp3) is 0.355. The zero-order valence-electron chi connectivity index (χ0n) is 50.4. The Morgan fingerprint density at radius 1 is 0.564 bits per heavy atom. The fourth-order valence-corrected chi connectivity index (χ4v) is 13.4. The molecule has 500 valence electrons. The summed E-state index contributed by atoms with van der Waals surface area (Å²) < 4.78 is 123. The van der Waals surface area contributed by atoms with Crippen LogP contribution >= 0.6 is 46.7 Å². The number of hydrogen-bond donors (Lipinski definition) is 1. The Morgan fingerprint density at radius 2 is 0.957 bits per heavy atom. The van der Waals surface area contributed by atoms with Crippen molar-refractivity contribution in [3.05, 3.63) is 185 Å². The Labute approximate surface area is 549 Å². The average molecular weight is 1390 g/mol. The highest BCUT2D eigenvalue weighted by atomic mass is 35.5. The molecule has 4 atom stereocenters. The molecule has 0 spiro atoms. The Kier molecular flexibility index (Phi) is 21.4. The molecule has 10 rings (SSSR count). The van der Waals surface area contributed by atoms with Gasteiger partial charge in [0.05, 0.1) is 24.9 Å². The summed E-state index contributed by atoms with van der Waals surface area (Å²) in [5.74, 6) is -4.44. The number of carboxylic acid groups (broad SMARTS) is 1. The number of carbonyl (C=O) groups excluding carboxylic acids is 5. The monoisotopic (exact) mass is 1390 g/mol. The van der Waals surface area contributed by atoms with Gasteiger partial charge in [-0.25, -0.2) is 9.59 Å². The number of rotatable bonds is 16. The number of alkyl halides is 6. The number of carbonyl (C=O) groups is 6. The van der Waals surface area contributed by atoms with Gasteiger partial charge in [0.1, 0.15) is 44.2 Å². The van der Waals surface area contributed by atoms with Crippen LogP contribution in [-0.2, 0) is 44.8 Å². The van der Waals surface area contributed by atoms with E-state index < -0.39 is 152 Å². The topological polar surface area (TPSA) is 244 Å². The van der Waals surface area contributed by atoms with Gasteiger partial charge in [0.2, 0.25) is 35.9 Å². The van der Waals surface area contributed by atoms with E-state index in [1.54, 1.807) is 57.2 Å². The highest BCUT2D eigenvalue weighted by Crippen LogP contribution is 2.47. The minimum atomic E-state index is -4.82. The molecule has 0 radical (unpaired) electrons. The molecule has 0 saturated heterocycles. The molecule has 6 aromatic rings. The largest absolute Gasteiger partial charge is 0.511 e. The first-order chi connectivity index (χ1) is 44.4. The van der Waals surface area contributed by atoms with E-state index >= 15 is 0 Å². The van der Waals surface area contributed by atoms with E-state index in [-0.39, 0.29) is 13.0 Å². The van der Waals surface area contributed by atoms with Crippen LogP contribution in [0.4, 0.5) is 35.9 Å². The highest BCUT2D eigenvalue weighted by molar-refractivity contribution is 7.98. The predicted octanol–water partition coefficient (Wildman–Crippen LogP) is 11.6. The summed E-state index contributed by atoms with van der Waals surface area (Å²) in [6.45, 7) is 2.92. The van der Waals surface area contributed by atoms with E-state index in [0.717, 1.165) is 58.0 Å². The van der Waals surface area contributed by atoms with Crippen LogP contribution in [0.1, 0.15) is 114 Å². The number of aromatic nitrogens is 2. The number of fused-ring (bicyclic) bond motifs is 6. The second-order valence-electron chi connectivity index (χ2n) is 22.1. The summed E-state index contributed by atoms with van der Waals surface area (Å²) in [5.41, 5.74) is 0.916. The zero-order valence-corrected chi connectivity index (χ0v) is 53.5. The Hall–Kier alpha value is -8.74. The molecule has 0 saturated carbocycles. The summed E-state index contributed by atoms with van der Waals surface area (Å²) in [6.07, 6.45) is -10.4. The molecular weight excluding hydrogens is 1330 g/mol. The minimum absolute atomic E-state index is 0.254. The normalized spacial score (nSPS) is 16.5. The summed E-state index contributed by atoms with van der Waals surface area (Å²) in [5, 5.41) is 12.7. The summed E-state index contributed by atoms with van der Waals surface area (Å²) >= 11 is 16.3. The highest BCUT2D eigenvalue weighted by Gasteiger charge is 2.50. The van der Waals surface area contributed by atoms with Crippen LogP contribution in [-0.4, -0.2) is 130 Å². The molecule has 32 heteroatoms. The summed E-state index contributed by atoms with van der Waals surface area (Å²) in [7, 11) is 0. The molecule has 4 aliphatic heterocycles. The number of ether oxygens (including phenoxy) is 7. The third kappa shape index (κ3) is 15.6. The third-order valence-corrected chi connectivity index (χ3v) is 17.9. The van der Waals surface area contributed by atoms with Gasteiger partial charge in [-0.15, -0.1) is 23.5 Å². The van der Waals surface area contributed by atoms with E-state index in [2.05, 4.69) is 4.74 Å². The number of benzene rings is 4. The van der Waals surface area contributed by atoms with Crippen molar-refractivity contribution >= 4 is 82.8 Å². The van der Waals surface area contributed by atoms with Crippen LogP contribution in [0.2, 0.25) is 10.0 Å². The van der Waals surface area contributed by atoms with Gasteiger partial charge in [0.25, 0.3) is 11.8 Å². The number of esters is 1. The van der Waals surface area contributed by atoms with Crippen LogP contribution in [0.15, 0.2) is 129 Å². The van der Waals surface area contributed by atoms with Crippen molar-refractivity contribution in [3.63, 3.8) is 0 Å². The van der Waals surface area contributed by atoms with Crippen molar-refractivity contribution in [2.45, 2.75) is 111 Å². The van der Waals surface area contributed by atoms with Crippen LogP contribution in [0.25, 0.3) is 0 Å². The quantitative estimate of drug-likeness (QED) is 0.0409. The molecule has 0 bridgehead atoms. The number of hydrogen-bond acceptors (Lipinski definition) is 19. The van der Waals surface area contributed by atoms with Gasteiger partial charge in [0.15, 0.2) is 11.4 Å². The van der Waals surface area contributed by atoms with Crippen LogP contribution in [0, 0.1) is 0 Å². The van der Waals surface area contributed by atoms with Crippen LogP contribution < -0.4 is 30.3 Å². The van der Waals surface area contributed by atoms with Crippen molar-refractivity contribution in [2.24, 2.45) is 0 Å². The fourth-order valence-electron chi connectivity index (χ4n) is 10.4. The number of pyridine rings is 2. The zero-order chi connectivity index (χ0) is 68.1. The molecular formula is C62H58Cl2F6N6O16S2. The van der Waals surface area contributed by atoms with Crippen LogP contribution in [0.5, 0.6) is 11.5 Å². The van der Waals surface area contributed by atoms with Crippen molar-refractivity contribution in [1.29, 1.82) is 0 Å². The first-order valence-electron chi connectivity index (χ1n) is 28.5. The predicted molar refractivity (Wildman–Crippen MR) is 328 cm³/mol. The number of nitrogens with zero attached hydrogens (tertiary/aromatic N) is 6. The number of halogens is 8. The average Bonchev–Trinajstić information content (AvgIpc) is 1.06. The van der Waals surface area contributed by atoms with E-state index in [0.29, 0.717) is 42.5 Å². The molecule has 2 amide bonds. The van der Waals surface area contributed by atoms with Gasteiger partial charge in [-0.2, -0.15) is 26.3 Å². The van der Waals surface area contributed by atoms with E-state index in [9.17, 15) is 64.7 Å². The van der Waals surface area contributed by atoms with Crippen molar-refractivity contribution in [2.75, 3.05) is 50.2 Å². The maximum Gasteiger partial charge on any atom is 0.511 e. The van der Waals surface area contributed by atoms with Gasteiger partial charge in [-0.05, 0) is 92.3 Å². The van der Waals surface area contributed by atoms with E-state index in [1.807, 2.05) is 48.5 Å². The molecule has 22 nitrogen and oxygen atoms in total.